The van der Waals surface area contributed by atoms with Crippen LogP contribution in [0.5, 0.6) is 0 Å². The number of aromatic nitrogens is 1. The molecule has 2 heterocycles. The molecule has 124 valence electrons. The minimum absolute atomic E-state index is 0.00256. The second-order valence-electron chi connectivity index (χ2n) is 5.76. The van der Waals surface area contributed by atoms with Gasteiger partial charge in [-0.25, -0.2) is 9.78 Å². The first-order valence-electron chi connectivity index (χ1n) is 7.39. The van der Waals surface area contributed by atoms with Crippen molar-refractivity contribution in [1.29, 1.82) is 0 Å². The van der Waals surface area contributed by atoms with E-state index in [9.17, 15) is 14.7 Å². The van der Waals surface area contributed by atoms with Crippen LogP contribution in [0, 0.1) is 12.8 Å². The largest absolute Gasteiger partial charge is 0.480 e. The first-order chi connectivity index (χ1) is 10.9. The van der Waals surface area contributed by atoms with Crippen molar-refractivity contribution >= 4 is 23.2 Å². The molecular weight excluding hydrogens is 316 g/mol. The highest BCUT2D eigenvalue weighted by Crippen LogP contribution is 2.26. The molecule has 2 rings (SSSR count). The van der Waals surface area contributed by atoms with Crippen LogP contribution in [0.15, 0.2) is 21.9 Å². The van der Waals surface area contributed by atoms with Crippen LogP contribution in [0.3, 0.4) is 0 Å². The second kappa shape index (κ2) is 7.41. The molecule has 2 aromatic heterocycles. The monoisotopic (exact) mass is 336 g/mol. The molecule has 0 bridgehead atoms. The number of rotatable bonds is 7. The van der Waals surface area contributed by atoms with Crippen molar-refractivity contribution in [2.45, 2.75) is 39.7 Å². The van der Waals surface area contributed by atoms with Crippen molar-refractivity contribution in [2.75, 3.05) is 0 Å². The van der Waals surface area contributed by atoms with Crippen LogP contribution in [0.2, 0.25) is 0 Å². The van der Waals surface area contributed by atoms with Crippen molar-refractivity contribution in [2.24, 2.45) is 5.92 Å². The van der Waals surface area contributed by atoms with Crippen LogP contribution >= 0.6 is 11.3 Å². The number of aryl methyl sites for hydroxylation is 1. The molecule has 0 fully saturated rings. The Hall–Kier alpha value is -2.15. The van der Waals surface area contributed by atoms with Gasteiger partial charge < -0.3 is 14.8 Å². The summed E-state index contributed by atoms with van der Waals surface area (Å²) in [5, 5.41) is 13.6. The highest BCUT2D eigenvalue weighted by molar-refractivity contribution is 7.13. The Morgan fingerprint density at radius 2 is 2.17 bits per heavy atom. The van der Waals surface area contributed by atoms with Crippen LogP contribution in [0.25, 0.3) is 10.8 Å². The smallest absolute Gasteiger partial charge is 0.326 e. The van der Waals surface area contributed by atoms with E-state index < -0.39 is 12.0 Å². The summed E-state index contributed by atoms with van der Waals surface area (Å²) in [6.45, 7) is 5.57. The molecule has 0 aromatic carbocycles. The number of carboxylic acid groups (broad SMARTS) is 1. The van der Waals surface area contributed by atoms with Crippen molar-refractivity contribution in [3.63, 3.8) is 0 Å². The number of nitrogens with zero attached hydrogens (tertiary/aromatic N) is 1. The van der Waals surface area contributed by atoms with Gasteiger partial charge in [-0.1, -0.05) is 19.9 Å². The highest BCUT2D eigenvalue weighted by atomic mass is 32.1. The van der Waals surface area contributed by atoms with E-state index in [0.29, 0.717) is 23.8 Å². The first kappa shape index (κ1) is 17.2. The lowest BCUT2D eigenvalue weighted by Gasteiger charge is -2.16. The van der Waals surface area contributed by atoms with E-state index in [1.165, 1.54) is 11.3 Å². The maximum absolute atomic E-state index is 12.1. The lowest BCUT2D eigenvalue weighted by molar-refractivity contribution is -0.142. The molecule has 2 aromatic rings. The summed E-state index contributed by atoms with van der Waals surface area (Å²) in [7, 11) is 0. The molecule has 0 aliphatic carbocycles. The Kier molecular flexibility index (Phi) is 5.54. The molecule has 6 nitrogen and oxygen atoms in total. The molecule has 7 heteroatoms. The van der Waals surface area contributed by atoms with Crippen LogP contribution in [0.1, 0.15) is 31.7 Å². The van der Waals surface area contributed by atoms with Gasteiger partial charge in [-0.3, -0.25) is 4.79 Å². The Labute approximate surface area is 138 Å². The SMILES string of the molecule is Cc1oc(-c2cccs2)nc1CC(=O)NC(CC(C)C)C(=O)O. The molecule has 1 atom stereocenters. The fourth-order valence-electron chi connectivity index (χ4n) is 2.19. The number of carbonyl (C=O) groups is 2. The Morgan fingerprint density at radius 3 is 2.74 bits per heavy atom. The maximum Gasteiger partial charge on any atom is 0.326 e. The third kappa shape index (κ3) is 4.66. The van der Waals surface area contributed by atoms with Crippen molar-refractivity contribution < 1.29 is 19.1 Å². The average Bonchev–Trinajstić information content (AvgIpc) is 3.08. The third-order valence-electron chi connectivity index (χ3n) is 3.29. The molecule has 2 N–H and O–H groups in total. The number of amides is 1. The number of oxazole rings is 1. The number of carbonyl (C=O) groups excluding carboxylic acids is 1. The fraction of sp³-hybridized carbons (Fsp3) is 0.438. The molecule has 0 saturated heterocycles. The number of hydrogen-bond acceptors (Lipinski definition) is 5. The normalized spacial score (nSPS) is 12.3. The van der Waals surface area contributed by atoms with Gasteiger partial charge in [0.15, 0.2) is 0 Å². The van der Waals surface area contributed by atoms with Gasteiger partial charge >= 0.3 is 5.97 Å². The first-order valence-corrected chi connectivity index (χ1v) is 8.27. The van der Waals surface area contributed by atoms with Gasteiger partial charge in [0.25, 0.3) is 0 Å². The molecule has 1 amide bonds. The highest BCUT2D eigenvalue weighted by Gasteiger charge is 2.22. The summed E-state index contributed by atoms with van der Waals surface area (Å²) in [6.07, 6.45) is 0.391. The van der Waals surface area contributed by atoms with Crippen molar-refractivity contribution in [3.8, 4) is 10.8 Å². The lowest BCUT2D eigenvalue weighted by atomic mass is 10.0. The van der Waals surface area contributed by atoms with Gasteiger partial charge in [0.1, 0.15) is 11.8 Å². The third-order valence-corrected chi connectivity index (χ3v) is 4.15. The van der Waals surface area contributed by atoms with E-state index in [1.54, 1.807) is 6.92 Å². The Balaban J connectivity index is 2.04. The van der Waals surface area contributed by atoms with Gasteiger partial charge in [-0.2, -0.15) is 0 Å². The minimum Gasteiger partial charge on any atom is -0.480 e. The zero-order chi connectivity index (χ0) is 17.0. The van der Waals surface area contributed by atoms with Crippen molar-refractivity contribution in [3.05, 3.63) is 29.0 Å². The van der Waals surface area contributed by atoms with Crippen LogP contribution in [-0.4, -0.2) is 28.0 Å². The summed E-state index contributed by atoms with van der Waals surface area (Å²) < 4.78 is 5.58. The minimum atomic E-state index is -1.02. The fourth-order valence-corrected chi connectivity index (χ4v) is 2.84. The van der Waals surface area contributed by atoms with Crippen LogP contribution in [0.4, 0.5) is 0 Å². The number of aliphatic carboxylic acids is 1. The molecule has 23 heavy (non-hydrogen) atoms. The summed E-state index contributed by atoms with van der Waals surface area (Å²) in [4.78, 5) is 28.5. The number of thiophene rings is 1. The molecular formula is C16H20N2O4S. The maximum atomic E-state index is 12.1. The van der Waals surface area contributed by atoms with E-state index >= 15 is 0 Å². The van der Waals surface area contributed by atoms with Gasteiger partial charge in [0.2, 0.25) is 11.8 Å². The van der Waals surface area contributed by atoms with Gasteiger partial charge in [-0.15, -0.1) is 11.3 Å². The summed E-state index contributed by atoms with van der Waals surface area (Å²) in [5.41, 5.74) is 0.527. The molecule has 0 spiro atoms. The zero-order valence-corrected chi connectivity index (χ0v) is 14.1. The summed E-state index contributed by atoms with van der Waals surface area (Å²) in [5.74, 6) is -0.164. The quantitative estimate of drug-likeness (QED) is 0.811. The molecule has 0 aliphatic heterocycles. The topological polar surface area (TPSA) is 92.4 Å². The van der Waals surface area contributed by atoms with E-state index in [1.807, 2.05) is 31.4 Å². The van der Waals surface area contributed by atoms with Gasteiger partial charge in [0, 0.05) is 0 Å². The number of nitrogens with one attached hydrogen (secondary N) is 1. The predicted molar refractivity (Wildman–Crippen MR) is 87.3 cm³/mol. The van der Waals surface area contributed by atoms with Crippen LogP contribution < -0.4 is 5.32 Å². The van der Waals surface area contributed by atoms with Crippen molar-refractivity contribution in [1.82, 2.24) is 10.3 Å². The molecule has 0 radical (unpaired) electrons. The standard InChI is InChI=1S/C16H20N2O4S/c1-9(2)7-12(16(20)21)17-14(19)8-11-10(3)22-15(18-11)13-5-4-6-23-13/h4-6,9,12H,7-8H2,1-3H3,(H,17,19)(H,20,21). The van der Waals surface area contributed by atoms with Gasteiger partial charge in [-0.05, 0) is 30.7 Å². The zero-order valence-electron chi connectivity index (χ0n) is 13.3. The van der Waals surface area contributed by atoms with E-state index in [0.717, 1.165) is 4.88 Å². The van der Waals surface area contributed by atoms with E-state index in [2.05, 4.69) is 10.3 Å². The average molecular weight is 336 g/mol. The summed E-state index contributed by atoms with van der Waals surface area (Å²) in [6, 6.07) is 2.91. The molecule has 0 saturated carbocycles. The number of hydrogen-bond donors (Lipinski definition) is 2. The predicted octanol–water partition coefficient (Wildman–Crippen LogP) is 2.87. The molecule has 1 unspecified atom stereocenters. The lowest BCUT2D eigenvalue weighted by Crippen LogP contribution is -2.42. The second-order valence-corrected chi connectivity index (χ2v) is 6.71. The molecule has 0 aliphatic rings. The Bertz CT molecular complexity index is 676. The Morgan fingerprint density at radius 1 is 1.43 bits per heavy atom. The van der Waals surface area contributed by atoms with Gasteiger partial charge in [0.05, 0.1) is 17.0 Å². The van der Waals surface area contributed by atoms with Crippen LogP contribution in [-0.2, 0) is 16.0 Å². The van der Waals surface area contributed by atoms with E-state index in [-0.39, 0.29) is 18.2 Å². The number of carboxylic acids is 1. The van der Waals surface area contributed by atoms with E-state index in [4.69, 9.17) is 4.42 Å². The summed E-state index contributed by atoms with van der Waals surface area (Å²) >= 11 is 1.50.